The molecule has 0 bridgehead atoms. The summed E-state index contributed by atoms with van der Waals surface area (Å²) in [5.41, 5.74) is 1.25. The van der Waals surface area contributed by atoms with E-state index in [0.717, 1.165) is 10.0 Å². The average molecular weight is 453 g/mol. The third-order valence-corrected chi connectivity index (χ3v) is 5.76. The molecule has 0 spiro atoms. The van der Waals surface area contributed by atoms with E-state index in [2.05, 4.69) is 27.2 Å². The molecule has 0 atom stereocenters. The topological polar surface area (TPSA) is 75.7 Å². The summed E-state index contributed by atoms with van der Waals surface area (Å²) in [4.78, 5) is 14.3. The van der Waals surface area contributed by atoms with Crippen molar-refractivity contribution in [2.24, 2.45) is 0 Å². The predicted octanol–water partition coefficient (Wildman–Crippen LogP) is 3.19. The fourth-order valence-corrected chi connectivity index (χ4v) is 3.85. The minimum Gasteiger partial charge on any atom is -0.496 e. The van der Waals surface area contributed by atoms with Crippen molar-refractivity contribution in [2.45, 2.75) is 11.4 Å². The zero-order valence-electron chi connectivity index (χ0n) is 15.1. The lowest BCUT2D eigenvalue weighted by atomic mass is 10.1. The molecule has 0 unspecified atom stereocenters. The van der Waals surface area contributed by atoms with Crippen LogP contribution in [0.5, 0.6) is 5.75 Å². The maximum absolute atomic E-state index is 12.7. The molecule has 0 aliphatic carbocycles. The second-order valence-corrected chi connectivity index (χ2v) is 8.46. The first-order chi connectivity index (χ1) is 12.8. The van der Waals surface area contributed by atoms with Crippen molar-refractivity contribution in [2.75, 3.05) is 20.7 Å². The molecule has 0 aromatic heterocycles. The number of carbonyl (C=O) groups is 1. The number of halogens is 1. The number of ether oxygens (including phenoxy) is 1. The molecule has 0 saturated heterocycles. The summed E-state index contributed by atoms with van der Waals surface area (Å²) < 4.78 is 32.8. The van der Waals surface area contributed by atoms with Gasteiger partial charge in [-0.05, 0) is 42.5 Å². The Bertz CT molecular complexity index is 927. The molecule has 0 heterocycles. The molecule has 8 heteroatoms. The lowest BCUT2D eigenvalue weighted by molar-refractivity contribution is 0.0784. The molecule has 0 aliphatic rings. The number of rotatable bonds is 8. The third-order valence-electron chi connectivity index (χ3n) is 3.83. The number of carbonyl (C=O) groups excluding carboxylic acids is 1. The smallest absolute Gasteiger partial charge is 0.253 e. The van der Waals surface area contributed by atoms with Crippen LogP contribution in [-0.4, -0.2) is 39.9 Å². The summed E-state index contributed by atoms with van der Waals surface area (Å²) in [6, 6.07) is 11.4. The summed E-state index contributed by atoms with van der Waals surface area (Å²) in [6.07, 6.45) is 1.46. The van der Waals surface area contributed by atoms with Gasteiger partial charge in [0.15, 0.2) is 0 Å². The highest BCUT2D eigenvalue weighted by molar-refractivity contribution is 9.10. The number of benzene rings is 2. The molecular formula is C19H21BrN2O4S. The maximum atomic E-state index is 12.7. The Balaban J connectivity index is 2.15. The van der Waals surface area contributed by atoms with Gasteiger partial charge >= 0.3 is 0 Å². The van der Waals surface area contributed by atoms with Gasteiger partial charge in [0.05, 0.1) is 12.0 Å². The number of hydrogen-bond acceptors (Lipinski definition) is 4. The van der Waals surface area contributed by atoms with Crippen molar-refractivity contribution in [3.05, 3.63) is 70.7 Å². The van der Waals surface area contributed by atoms with Gasteiger partial charge in [-0.1, -0.05) is 22.0 Å². The van der Waals surface area contributed by atoms with Gasteiger partial charge in [0.25, 0.3) is 5.91 Å². The second-order valence-electron chi connectivity index (χ2n) is 5.78. The van der Waals surface area contributed by atoms with E-state index in [0.29, 0.717) is 17.9 Å². The number of methoxy groups -OCH3 is 1. The Morgan fingerprint density at radius 1 is 1.26 bits per heavy atom. The summed E-state index contributed by atoms with van der Waals surface area (Å²) in [7, 11) is -0.358. The van der Waals surface area contributed by atoms with Gasteiger partial charge in [-0.3, -0.25) is 4.79 Å². The summed E-state index contributed by atoms with van der Waals surface area (Å²) >= 11 is 3.41. The fraction of sp³-hybridized carbons (Fsp3) is 0.211. The number of nitrogens with zero attached hydrogens (tertiary/aromatic N) is 1. The average Bonchev–Trinajstić information content (AvgIpc) is 2.66. The molecule has 2 aromatic rings. The number of hydrogen-bond donors (Lipinski definition) is 1. The van der Waals surface area contributed by atoms with Gasteiger partial charge in [-0.2, -0.15) is 0 Å². The van der Waals surface area contributed by atoms with Crippen LogP contribution < -0.4 is 9.46 Å². The monoisotopic (exact) mass is 452 g/mol. The standard InChI is InChI=1S/C19H21BrN2O4S/c1-4-11-21-27(24,25)17-8-5-14(6-9-17)19(23)22(2)13-15-12-16(20)7-10-18(15)26-3/h4-10,12,21H,1,11,13H2,2-3H3. The van der Waals surface area contributed by atoms with Gasteiger partial charge in [-0.25, -0.2) is 13.1 Å². The SMILES string of the molecule is C=CCNS(=O)(=O)c1ccc(C(=O)N(C)Cc2cc(Br)ccc2OC)cc1. The zero-order valence-corrected chi connectivity index (χ0v) is 17.5. The van der Waals surface area contributed by atoms with Crippen molar-refractivity contribution in [3.8, 4) is 5.75 Å². The largest absolute Gasteiger partial charge is 0.496 e. The summed E-state index contributed by atoms with van der Waals surface area (Å²) in [5.74, 6) is 0.465. The van der Waals surface area contributed by atoms with Crippen LogP contribution in [0.15, 0.2) is 64.5 Å². The van der Waals surface area contributed by atoms with E-state index in [-0.39, 0.29) is 17.3 Å². The third kappa shape index (κ3) is 5.41. The molecule has 1 N–H and O–H groups in total. The molecule has 6 nitrogen and oxygen atoms in total. The number of nitrogens with one attached hydrogen (secondary N) is 1. The van der Waals surface area contributed by atoms with Crippen molar-refractivity contribution in [1.82, 2.24) is 9.62 Å². The molecule has 0 aliphatic heterocycles. The number of amides is 1. The van der Waals surface area contributed by atoms with E-state index >= 15 is 0 Å². The number of sulfonamides is 1. The van der Waals surface area contributed by atoms with Crippen LogP contribution in [0.2, 0.25) is 0 Å². The Morgan fingerprint density at radius 2 is 1.93 bits per heavy atom. The second kappa shape index (κ2) is 9.16. The van der Waals surface area contributed by atoms with Crippen molar-refractivity contribution >= 4 is 31.9 Å². The van der Waals surface area contributed by atoms with Crippen LogP contribution >= 0.6 is 15.9 Å². The van der Waals surface area contributed by atoms with Crippen LogP contribution in [-0.2, 0) is 16.6 Å². The molecule has 0 saturated carbocycles. The van der Waals surface area contributed by atoms with Crippen LogP contribution in [0.25, 0.3) is 0 Å². The lowest BCUT2D eigenvalue weighted by Crippen LogP contribution is -2.27. The van der Waals surface area contributed by atoms with Gasteiger partial charge in [0.2, 0.25) is 10.0 Å². The molecular weight excluding hydrogens is 432 g/mol. The normalized spacial score (nSPS) is 11.1. The van der Waals surface area contributed by atoms with Crippen LogP contribution in [0, 0.1) is 0 Å². The van der Waals surface area contributed by atoms with Crippen molar-refractivity contribution in [1.29, 1.82) is 0 Å². The minimum atomic E-state index is -3.62. The first-order valence-electron chi connectivity index (χ1n) is 8.07. The Labute approximate surface area is 168 Å². The van der Waals surface area contributed by atoms with Crippen molar-refractivity contribution < 1.29 is 17.9 Å². The predicted molar refractivity (Wildman–Crippen MR) is 108 cm³/mol. The molecule has 2 rings (SSSR count). The quantitative estimate of drug-likeness (QED) is 0.623. The van der Waals surface area contributed by atoms with Gasteiger partial charge < -0.3 is 9.64 Å². The van der Waals surface area contributed by atoms with Crippen LogP contribution in [0.3, 0.4) is 0 Å². The van der Waals surface area contributed by atoms with E-state index in [1.165, 1.54) is 30.3 Å². The Kier molecular flexibility index (Phi) is 7.18. The molecule has 1 amide bonds. The van der Waals surface area contributed by atoms with E-state index in [1.807, 2.05) is 18.2 Å². The van der Waals surface area contributed by atoms with Crippen LogP contribution in [0.4, 0.5) is 0 Å². The van der Waals surface area contributed by atoms with E-state index in [9.17, 15) is 13.2 Å². The highest BCUT2D eigenvalue weighted by Gasteiger charge is 2.17. The van der Waals surface area contributed by atoms with Crippen molar-refractivity contribution in [3.63, 3.8) is 0 Å². The molecule has 2 aromatic carbocycles. The molecule has 144 valence electrons. The van der Waals surface area contributed by atoms with Gasteiger partial charge in [0.1, 0.15) is 5.75 Å². The lowest BCUT2D eigenvalue weighted by Gasteiger charge is -2.19. The summed E-state index contributed by atoms with van der Waals surface area (Å²) in [5, 5.41) is 0. The highest BCUT2D eigenvalue weighted by atomic mass is 79.9. The first kappa shape index (κ1) is 21.1. The Morgan fingerprint density at radius 3 is 2.52 bits per heavy atom. The van der Waals surface area contributed by atoms with E-state index in [4.69, 9.17) is 4.74 Å². The Hall–Kier alpha value is -2.16. The molecule has 0 fully saturated rings. The van der Waals surface area contributed by atoms with Gasteiger partial charge in [0, 0.05) is 35.7 Å². The minimum absolute atomic E-state index is 0.0946. The van der Waals surface area contributed by atoms with E-state index < -0.39 is 10.0 Å². The summed E-state index contributed by atoms with van der Waals surface area (Å²) in [6.45, 7) is 3.97. The molecule has 27 heavy (non-hydrogen) atoms. The maximum Gasteiger partial charge on any atom is 0.253 e. The first-order valence-corrected chi connectivity index (χ1v) is 10.3. The van der Waals surface area contributed by atoms with Gasteiger partial charge in [-0.15, -0.1) is 6.58 Å². The van der Waals surface area contributed by atoms with E-state index in [1.54, 1.807) is 19.1 Å². The fourth-order valence-electron chi connectivity index (χ4n) is 2.45. The highest BCUT2D eigenvalue weighted by Crippen LogP contribution is 2.24. The zero-order chi connectivity index (χ0) is 20.0. The molecule has 0 radical (unpaired) electrons. The van der Waals surface area contributed by atoms with Crippen LogP contribution in [0.1, 0.15) is 15.9 Å².